The van der Waals surface area contributed by atoms with E-state index in [1.165, 1.54) is 20.8 Å². The molecule has 2 aliphatic carbocycles. The maximum Gasteiger partial charge on any atom is 0.303 e. The normalized spacial score (nSPS) is 35.3. The van der Waals surface area contributed by atoms with Crippen LogP contribution in [0.25, 0.3) is 0 Å². The van der Waals surface area contributed by atoms with Gasteiger partial charge in [-0.3, -0.25) is 14.4 Å². The molecule has 2 rings (SSSR count). The second-order valence-electron chi connectivity index (χ2n) is 9.01. The highest BCUT2D eigenvalue weighted by atomic mass is 16.6. The zero-order valence-electron chi connectivity index (χ0n) is 16.8. The molecule has 0 aliphatic heterocycles. The summed E-state index contributed by atoms with van der Waals surface area (Å²) in [5.74, 6) is -0.551. The highest BCUT2D eigenvalue weighted by Gasteiger charge is 2.58. The SMILES string of the molecule is CC(=O)OCCC1(C)CC(OC(C)=O)C(OC(C)=O)C2CC(C)(C)CC21. The lowest BCUT2D eigenvalue weighted by Crippen LogP contribution is -2.52. The van der Waals surface area contributed by atoms with Gasteiger partial charge in [-0.05, 0) is 42.4 Å². The van der Waals surface area contributed by atoms with E-state index in [9.17, 15) is 14.4 Å². The van der Waals surface area contributed by atoms with Crippen LogP contribution in [0.5, 0.6) is 0 Å². The monoisotopic (exact) mass is 368 g/mol. The van der Waals surface area contributed by atoms with Crippen LogP contribution in [0.2, 0.25) is 0 Å². The number of ether oxygens (including phenoxy) is 3. The van der Waals surface area contributed by atoms with Gasteiger partial charge in [0.25, 0.3) is 0 Å². The second-order valence-corrected chi connectivity index (χ2v) is 9.01. The van der Waals surface area contributed by atoms with E-state index in [0.717, 1.165) is 12.8 Å². The van der Waals surface area contributed by atoms with Gasteiger partial charge in [-0.25, -0.2) is 0 Å². The molecule has 5 unspecified atom stereocenters. The Hall–Kier alpha value is -1.59. The Morgan fingerprint density at radius 1 is 0.885 bits per heavy atom. The van der Waals surface area contributed by atoms with Gasteiger partial charge < -0.3 is 14.2 Å². The molecule has 0 radical (unpaired) electrons. The smallest absolute Gasteiger partial charge is 0.303 e. The van der Waals surface area contributed by atoms with Crippen molar-refractivity contribution in [1.29, 1.82) is 0 Å². The van der Waals surface area contributed by atoms with Gasteiger partial charge in [0.05, 0.1) is 6.61 Å². The van der Waals surface area contributed by atoms with Gasteiger partial charge >= 0.3 is 17.9 Å². The van der Waals surface area contributed by atoms with Crippen molar-refractivity contribution in [2.75, 3.05) is 6.61 Å². The van der Waals surface area contributed by atoms with Crippen molar-refractivity contribution in [3.8, 4) is 0 Å². The first-order valence-electron chi connectivity index (χ1n) is 9.41. The molecule has 6 nitrogen and oxygen atoms in total. The van der Waals surface area contributed by atoms with Crippen LogP contribution in [0, 0.1) is 22.7 Å². The minimum absolute atomic E-state index is 0.127. The molecule has 26 heavy (non-hydrogen) atoms. The number of esters is 3. The van der Waals surface area contributed by atoms with Crippen molar-refractivity contribution in [2.24, 2.45) is 22.7 Å². The van der Waals surface area contributed by atoms with Crippen molar-refractivity contribution < 1.29 is 28.6 Å². The molecule has 0 heterocycles. The standard InChI is InChI=1S/C20H32O6/c1-12(21)24-8-7-20(6)11-17(25-13(2)22)18(26-14(3)23)15-9-19(4,5)10-16(15)20/h15-18H,7-11H2,1-6H3. The molecule has 2 saturated carbocycles. The molecule has 0 aromatic heterocycles. The third-order valence-electron chi connectivity index (χ3n) is 6.03. The number of carbonyl (C=O) groups is 3. The molecular formula is C20H32O6. The van der Waals surface area contributed by atoms with Crippen molar-refractivity contribution in [1.82, 2.24) is 0 Å². The van der Waals surface area contributed by atoms with Gasteiger partial charge in [0.2, 0.25) is 0 Å². The Labute approximate surface area is 155 Å². The Morgan fingerprint density at radius 3 is 2.04 bits per heavy atom. The maximum absolute atomic E-state index is 11.7. The highest BCUT2D eigenvalue weighted by molar-refractivity contribution is 5.67. The fraction of sp³-hybridized carbons (Fsp3) is 0.850. The van der Waals surface area contributed by atoms with Crippen molar-refractivity contribution in [2.45, 2.75) is 79.4 Å². The van der Waals surface area contributed by atoms with E-state index in [0.29, 0.717) is 25.4 Å². The van der Waals surface area contributed by atoms with Crippen LogP contribution in [0.15, 0.2) is 0 Å². The fourth-order valence-electron chi connectivity index (χ4n) is 5.11. The van der Waals surface area contributed by atoms with Gasteiger partial charge in [0.15, 0.2) is 0 Å². The average molecular weight is 368 g/mol. The molecule has 0 spiro atoms. The molecule has 148 valence electrons. The lowest BCUT2D eigenvalue weighted by molar-refractivity contribution is -0.188. The Bertz CT molecular complexity index is 569. The first kappa shape index (κ1) is 20.7. The number of carbonyl (C=O) groups excluding carboxylic acids is 3. The number of hydrogen-bond donors (Lipinski definition) is 0. The minimum atomic E-state index is -0.464. The Morgan fingerprint density at radius 2 is 1.50 bits per heavy atom. The summed E-state index contributed by atoms with van der Waals surface area (Å²) in [7, 11) is 0. The Kier molecular flexibility index (Phi) is 6.03. The van der Waals surface area contributed by atoms with E-state index < -0.39 is 12.2 Å². The summed E-state index contributed by atoms with van der Waals surface area (Å²) < 4.78 is 16.4. The lowest BCUT2D eigenvalue weighted by atomic mass is 9.60. The van der Waals surface area contributed by atoms with Crippen LogP contribution in [-0.2, 0) is 28.6 Å². The predicted octanol–water partition coefficient (Wildman–Crippen LogP) is 3.27. The molecule has 0 amide bonds. The summed E-state index contributed by atoms with van der Waals surface area (Å²) >= 11 is 0. The van der Waals surface area contributed by atoms with Crippen LogP contribution in [0.1, 0.15) is 67.2 Å². The van der Waals surface area contributed by atoms with Crippen molar-refractivity contribution in [3.05, 3.63) is 0 Å². The molecule has 0 aromatic carbocycles. The highest BCUT2D eigenvalue weighted by Crippen LogP contribution is 2.60. The van der Waals surface area contributed by atoms with Crippen LogP contribution in [0.3, 0.4) is 0 Å². The van der Waals surface area contributed by atoms with E-state index in [4.69, 9.17) is 14.2 Å². The first-order valence-corrected chi connectivity index (χ1v) is 9.41. The number of fused-ring (bicyclic) bond motifs is 1. The third-order valence-corrected chi connectivity index (χ3v) is 6.03. The van der Waals surface area contributed by atoms with Gasteiger partial charge in [0.1, 0.15) is 12.2 Å². The van der Waals surface area contributed by atoms with Crippen molar-refractivity contribution in [3.63, 3.8) is 0 Å². The van der Waals surface area contributed by atoms with Gasteiger partial charge in [-0.15, -0.1) is 0 Å². The lowest BCUT2D eigenvalue weighted by Gasteiger charge is -2.49. The molecule has 0 saturated heterocycles. The maximum atomic E-state index is 11.7. The zero-order chi connectivity index (χ0) is 19.7. The first-order chi connectivity index (χ1) is 11.9. The van der Waals surface area contributed by atoms with Gasteiger partial charge in [0, 0.05) is 26.7 Å². The van der Waals surface area contributed by atoms with E-state index in [1.807, 2.05) is 0 Å². The summed E-state index contributed by atoms with van der Waals surface area (Å²) in [6.07, 6.45) is 2.35. The summed E-state index contributed by atoms with van der Waals surface area (Å²) in [6, 6.07) is 0. The molecule has 0 N–H and O–H groups in total. The van der Waals surface area contributed by atoms with Crippen LogP contribution < -0.4 is 0 Å². The molecular weight excluding hydrogens is 336 g/mol. The second kappa shape index (κ2) is 7.57. The van der Waals surface area contributed by atoms with Gasteiger partial charge in [-0.1, -0.05) is 20.8 Å². The summed E-state index contributed by atoms with van der Waals surface area (Å²) in [5, 5.41) is 0. The third kappa shape index (κ3) is 4.77. The predicted molar refractivity (Wildman–Crippen MR) is 95.1 cm³/mol. The van der Waals surface area contributed by atoms with E-state index in [2.05, 4.69) is 20.8 Å². The molecule has 2 aliphatic rings. The topological polar surface area (TPSA) is 78.9 Å². The van der Waals surface area contributed by atoms with Crippen LogP contribution in [-0.4, -0.2) is 36.7 Å². The van der Waals surface area contributed by atoms with E-state index in [-0.39, 0.29) is 34.7 Å². The van der Waals surface area contributed by atoms with E-state index >= 15 is 0 Å². The number of hydrogen-bond acceptors (Lipinski definition) is 6. The zero-order valence-corrected chi connectivity index (χ0v) is 16.8. The average Bonchev–Trinajstić information content (AvgIpc) is 2.79. The minimum Gasteiger partial charge on any atom is -0.466 e. The van der Waals surface area contributed by atoms with E-state index in [1.54, 1.807) is 0 Å². The molecule has 2 fully saturated rings. The summed E-state index contributed by atoms with van der Waals surface area (Å²) in [4.78, 5) is 34.5. The molecule has 0 bridgehead atoms. The summed E-state index contributed by atoms with van der Waals surface area (Å²) in [6.45, 7) is 11.2. The molecule has 5 atom stereocenters. The molecule has 6 heteroatoms. The van der Waals surface area contributed by atoms with Crippen LogP contribution in [0.4, 0.5) is 0 Å². The van der Waals surface area contributed by atoms with Crippen molar-refractivity contribution >= 4 is 17.9 Å². The van der Waals surface area contributed by atoms with Crippen LogP contribution >= 0.6 is 0 Å². The number of rotatable bonds is 5. The van der Waals surface area contributed by atoms with Gasteiger partial charge in [-0.2, -0.15) is 0 Å². The Balaban J connectivity index is 2.31. The fourth-order valence-corrected chi connectivity index (χ4v) is 5.11. The largest absolute Gasteiger partial charge is 0.466 e. The quantitative estimate of drug-likeness (QED) is 0.547. The summed E-state index contributed by atoms with van der Waals surface area (Å²) in [5.41, 5.74) is -0.0216. The molecule has 0 aromatic rings.